The Balaban J connectivity index is 1.45. The third kappa shape index (κ3) is 5.16. The number of likely N-dealkylation sites (tertiary alicyclic amines) is 1. The Labute approximate surface area is 164 Å². The summed E-state index contributed by atoms with van der Waals surface area (Å²) in [6.07, 6.45) is 1.52. The molecule has 0 radical (unpaired) electrons. The highest BCUT2D eigenvalue weighted by atomic mass is 19.1. The van der Waals surface area contributed by atoms with Gasteiger partial charge in [-0.1, -0.05) is 18.2 Å². The third-order valence-corrected chi connectivity index (χ3v) is 5.26. The van der Waals surface area contributed by atoms with Crippen molar-refractivity contribution in [2.24, 2.45) is 0 Å². The van der Waals surface area contributed by atoms with Crippen molar-refractivity contribution >= 4 is 17.5 Å². The van der Waals surface area contributed by atoms with Gasteiger partial charge in [-0.05, 0) is 62.1 Å². The number of nitrogens with zero attached hydrogens (tertiary/aromatic N) is 1. The molecule has 1 heterocycles. The number of hydrogen-bond acceptors (Lipinski definition) is 3. The molecule has 0 unspecified atom stereocenters. The van der Waals surface area contributed by atoms with Crippen molar-refractivity contribution in [3.63, 3.8) is 0 Å². The fourth-order valence-corrected chi connectivity index (χ4v) is 3.41. The second kappa shape index (κ2) is 8.97. The first-order chi connectivity index (χ1) is 13.4. The van der Waals surface area contributed by atoms with E-state index in [1.54, 1.807) is 6.07 Å². The molecule has 3 rings (SSSR count). The van der Waals surface area contributed by atoms with Crippen molar-refractivity contribution in [3.05, 3.63) is 65.0 Å². The zero-order valence-corrected chi connectivity index (χ0v) is 16.3. The number of carbonyl (C=O) groups is 2. The Kier molecular flexibility index (Phi) is 6.41. The third-order valence-electron chi connectivity index (χ3n) is 5.26. The molecule has 1 fully saturated rings. The maximum Gasteiger partial charge on any atom is 0.251 e. The minimum atomic E-state index is -0.419. The van der Waals surface area contributed by atoms with Gasteiger partial charge in [-0.15, -0.1) is 0 Å². The van der Waals surface area contributed by atoms with Crippen LogP contribution in [0.2, 0.25) is 0 Å². The Hall–Kier alpha value is -2.73. The summed E-state index contributed by atoms with van der Waals surface area (Å²) in [5.41, 5.74) is 3.40. The molecule has 0 atom stereocenters. The normalized spacial score (nSPS) is 15.2. The summed E-state index contributed by atoms with van der Waals surface area (Å²) in [7, 11) is 0. The predicted molar refractivity (Wildman–Crippen MR) is 108 cm³/mol. The maximum absolute atomic E-state index is 13.3. The lowest BCUT2D eigenvalue weighted by Crippen LogP contribution is -2.46. The van der Waals surface area contributed by atoms with E-state index in [1.165, 1.54) is 18.2 Å². The first kappa shape index (κ1) is 20.0. The molecule has 2 aromatic rings. The van der Waals surface area contributed by atoms with Gasteiger partial charge >= 0.3 is 0 Å². The van der Waals surface area contributed by atoms with Crippen LogP contribution in [0.3, 0.4) is 0 Å². The van der Waals surface area contributed by atoms with Crippen LogP contribution in [0.4, 0.5) is 10.1 Å². The van der Waals surface area contributed by atoms with Crippen LogP contribution in [0.25, 0.3) is 0 Å². The van der Waals surface area contributed by atoms with Gasteiger partial charge in [-0.25, -0.2) is 4.39 Å². The smallest absolute Gasteiger partial charge is 0.251 e. The highest BCUT2D eigenvalue weighted by Crippen LogP contribution is 2.18. The molecule has 0 spiro atoms. The molecule has 2 aromatic carbocycles. The molecule has 148 valence electrons. The number of rotatable bonds is 5. The Morgan fingerprint density at radius 1 is 1.11 bits per heavy atom. The molecule has 2 N–H and O–H groups in total. The van der Waals surface area contributed by atoms with E-state index in [1.807, 2.05) is 32.0 Å². The van der Waals surface area contributed by atoms with Crippen LogP contribution in [0.1, 0.15) is 34.3 Å². The van der Waals surface area contributed by atoms with Crippen LogP contribution in [-0.2, 0) is 4.79 Å². The van der Waals surface area contributed by atoms with Crippen LogP contribution in [0.15, 0.2) is 42.5 Å². The van der Waals surface area contributed by atoms with E-state index in [4.69, 9.17) is 0 Å². The van der Waals surface area contributed by atoms with Crippen molar-refractivity contribution in [3.8, 4) is 0 Å². The second-order valence-corrected chi connectivity index (χ2v) is 7.33. The van der Waals surface area contributed by atoms with E-state index in [2.05, 4.69) is 15.5 Å². The lowest BCUT2D eigenvalue weighted by Gasteiger charge is -2.32. The topological polar surface area (TPSA) is 61.4 Å². The molecule has 2 amide bonds. The minimum Gasteiger partial charge on any atom is -0.349 e. The van der Waals surface area contributed by atoms with Crippen LogP contribution in [0.5, 0.6) is 0 Å². The average Bonchev–Trinajstić information content (AvgIpc) is 2.67. The number of carbonyl (C=O) groups excluding carboxylic acids is 2. The van der Waals surface area contributed by atoms with Gasteiger partial charge in [-0.2, -0.15) is 0 Å². The molecule has 0 aromatic heterocycles. The molecule has 6 heteroatoms. The number of aryl methyl sites for hydroxylation is 1. The lowest BCUT2D eigenvalue weighted by molar-refractivity contribution is -0.117. The number of halogens is 1. The van der Waals surface area contributed by atoms with Gasteiger partial charge in [0, 0.05) is 30.4 Å². The van der Waals surface area contributed by atoms with Crippen molar-refractivity contribution in [1.29, 1.82) is 0 Å². The van der Waals surface area contributed by atoms with Gasteiger partial charge in [-0.3, -0.25) is 14.5 Å². The van der Waals surface area contributed by atoms with Crippen molar-refractivity contribution in [1.82, 2.24) is 10.2 Å². The number of anilines is 1. The molecule has 0 bridgehead atoms. The van der Waals surface area contributed by atoms with Crippen molar-refractivity contribution in [2.75, 3.05) is 25.0 Å². The molecule has 5 nitrogen and oxygen atoms in total. The lowest BCUT2D eigenvalue weighted by atomic mass is 10.0. The Morgan fingerprint density at radius 2 is 1.82 bits per heavy atom. The van der Waals surface area contributed by atoms with Gasteiger partial charge in [0.05, 0.1) is 6.54 Å². The molecule has 0 aliphatic carbocycles. The molecular weight excluding hydrogens is 357 g/mol. The van der Waals surface area contributed by atoms with Gasteiger partial charge in [0.2, 0.25) is 5.91 Å². The molecular formula is C22H26FN3O2. The highest BCUT2D eigenvalue weighted by molar-refractivity contribution is 5.94. The van der Waals surface area contributed by atoms with Gasteiger partial charge < -0.3 is 10.6 Å². The summed E-state index contributed by atoms with van der Waals surface area (Å²) in [6.45, 7) is 5.81. The Bertz CT molecular complexity index is 861. The van der Waals surface area contributed by atoms with E-state index in [0.717, 1.165) is 42.7 Å². The molecule has 0 saturated carbocycles. The van der Waals surface area contributed by atoms with Crippen molar-refractivity contribution in [2.45, 2.75) is 32.7 Å². The molecule has 28 heavy (non-hydrogen) atoms. The monoisotopic (exact) mass is 383 g/mol. The summed E-state index contributed by atoms with van der Waals surface area (Å²) in [6, 6.07) is 11.6. The number of hydrogen-bond donors (Lipinski definition) is 2. The summed E-state index contributed by atoms with van der Waals surface area (Å²) < 4.78 is 13.3. The standard InChI is InChI=1S/C22H26FN3O2/c1-15-5-3-8-20(16(15)2)25-21(27)14-26-11-9-19(10-12-26)24-22(28)17-6-4-7-18(23)13-17/h3-8,13,19H,9-12,14H2,1-2H3,(H,24,28)(H,25,27). The molecule has 1 saturated heterocycles. The average molecular weight is 383 g/mol. The van der Waals surface area contributed by atoms with Gasteiger partial charge in [0.25, 0.3) is 5.91 Å². The van der Waals surface area contributed by atoms with E-state index < -0.39 is 5.82 Å². The number of nitrogens with one attached hydrogen (secondary N) is 2. The predicted octanol–water partition coefficient (Wildman–Crippen LogP) is 3.28. The number of amides is 2. The maximum atomic E-state index is 13.3. The van der Waals surface area contributed by atoms with E-state index in [9.17, 15) is 14.0 Å². The first-order valence-corrected chi connectivity index (χ1v) is 9.57. The van der Waals surface area contributed by atoms with E-state index in [0.29, 0.717) is 12.1 Å². The summed E-state index contributed by atoms with van der Waals surface area (Å²) in [5, 5.41) is 5.94. The first-order valence-electron chi connectivity index (χ1n) is 9.57. The van der Waals surface area contributed by atoms with Crippen LogP contribution in [-0.4, -0.2) is 42.4 Å². The Morgan fingerprint density at radius 3 is 2.54 bits per heavy atom. The summed E-state index contributed by atoms with van der Waals surface area (Å²) in [5.74, 6) is -0.709. The second-order valence-electron chi connectivity index (χ2n) is 7.33. The SMILES string of the molecule is Cc1cccc(NC(=O)CN2CCC(NC(=O)c3cccc(F)c3)CC2)c1C. The zero-order chi connectivity index (χ0) is 20.1. The number of benzene rings is 2. The van der Waals surface area contributed by atoms with E-state index in [-0.39, 0.29) is 17.9 Å². The molecule has 1 aliphatic rings. The van der Waals surface area contributed by atoms with Crippen LogP contribution < -0.4 is 10.6 Å². The fraction of sp³-hybridized carbons (Fsp3) is 0.364. The largest absolute Gasteiger partial charge is 0.349 e. The van der Waals surface area contributed by atoms with Crippen molar-refractivity contribution < 1.29 is 14.0 Å². The van der Waals surface area contributed by atoms with Crippen LogP contribution >= 0.6 is 0 Å². The summed E-state index contributed by atoms with van der Waals surface area (Å²) in [4.78, 5) is 26.7. The zero-order valence-electron chi connectivity index (χ0n) is 16.3. The fourth-order valence-electron chi connectivity index (χ4n) is 3.41. The van der Waals surface area contributed by atoms with Crippen LogP contribution in [0, 0.1) is 19.7 Å². The highest BCUT2D eigenvalue weighted by Gasteiger charge is 2.22. The van der Waals surface area contributed by atoms with E-state index >= 15 is 0 Å². The quantitative estimate of drug-likeness (QED) is 0.833. The number of piperidine rings is 1. The minimum absolute atomic E-state index is 0.0315. The van der Waals surface area contributed by atoms with Gasteiger partial charge in [0.1, 0.15) is 5.82 Å². The molecule has 1 aliphatic heterocycles. The van der Waals surface area contributed by atoms with Gasteiger partial charge in [0.15, 0.2) is 0 Å². The summed E-state index contributed by atoms with van der Waals surface area (Å²) >= 11 is 0.